The number of hydrogen-bond acceptors (Lipinski definition) is 2. The van der Waals surface area contributed by atoms with E-state index in [1.165, 1.54) is 11.1 Å². The number of nitrogens with zero attached hydrogens (tertiary/aromatic N) is 1. The highest BCUT2D eigenvalue weighted by atomic mass is 16.2. The van der Waals surface area contributed by atoms with Gasteiger partial charge in [-0.15, -0.1) is 0 Å². The van der Waals surface area contributed by atoms with E-state index in [1.54, 1.807) is 0 Å². The normalized spacial score (nSPS) is 16.4. The molecule has 0 heterocycles. The summed E-state index contributed by atoms with van der Waals surface area (Å²) in [5.41, 5.74) is 8.21. The van der Waals surface area contributed by atoms with E-state index in [1.807, 2.05) is 24.1 Å². The summed E-state index contributed by atoms with van der Waals surface area (Å²) in [4.78, 5) is 14.3. The van der Waals surface area contributed by atoms with E-state index in [9.17, 15) is 4.79 Å². The van der Waals surface area contributed by atoms with Crippen molar-refractivity contribution in [2.45, 2.75) is 32.2 Å². The standard InChI is InChI=1S/C15H22N2O/c1-11(7-8-16)17(2)15(18)14-9-12-5-3-4-6-13(12)10-14/h3-6,11,14H,7-10,16H2,1-2H3. The first-order chi connectivity index (χ1) is 8.63. The number of fused-ring (bicyclic) bond motifs is 1. The number of carbonyl (C=O) groups excluding carboxylic acids is 1. The van der Waals surface area contributed by atoms with Crippen LogP contribution in [0.4, 0.5) is 0 Å². The third-order valence-corrected chi connectivity index (χ3v) is 3.99. The highest BCUT2D eigenvalue weighted by molar-refractivity contribution is 5.80. The summed E-state index contributed by atoms with van der Waals surface area (Å²) < 4.78 is 0. The minimum Gasteiger partial charge on any atom is -0.343 e. The van der Waals surface area contributed by atoms with E-state index in [4.69, 9.17) is 5.73 Å². The number of carbonyl (C=O) groups is 1. The van der Waals surface area contributed by atoms with Gasteiger partial charge in [-0.2, -0.15) is 0 Å². The monoisotopic (exact) mass is 246 g/mol. The summed E-state index contributed by atoms with van der Waals surface area (Å²) in [7, 11) is 1.89. The van der Waals surface area contributed by atoms with Crippen LogP contribution in [-0.4, -0.2) is 30.4 Å². The molecular formula is C15H22N2O. The lowest BCUT2D eigenvalue weighted by atomic mass is 10.0. The number of hydrogen-bond donors (Lipinski definition) is 1. The Hall–Kier alpha value is -1.35. The van der Waals surface area contributed by atoms with E-state index in [-0.39, 0.29) is 17.9 Å². The first-order valence-electron chi connectivity index (χ1n) is 6.67. The lowest BCUT2D eigenvalue weighted by Gasteiger charge is -2.27. The van der Waals surface area contributed by atoms with Gasteiger partial charge in [0.2, 0.25) is 5.91 Å². The van der Waals surface area contributed by atoms with Crippen LogP contribution < -0.4 is 5.73 Å². The minimum absolute atomic E-state index is 0.118. The minimum atomic E-state index is 0.118. The van der Waals surface area contributed by atoms with Crippen LogP contribution in [0, 0.1) is 5.92 Å². The summed E-state index contributed by atoms with van der Waals surface area (Å²) in [6.45, 7) is 2.69. The van der Waals surface area contributed by atoms with Crippen LogP contribution in [0.1, 0.15) is 24.5 Å². The average molecular weight is 246 g/mol. The second kappa shape index (κ2) is 5.53. The molecule has 0 spiro atoms. The van der Waals surface area contributed by atoms with Crippen LogP contribution in [0.2, 0.25) is 0 Å². The Labute approximate surface area is 109 Å². The Morgan fingerprint density at radius 1 is 1.39 bits per heavy atom. The third kappa shape index (κ3) is 2.56. The molecule has 3 heteroatoms. The molecule has 1 unspecified atom stereocenters. The molecule has 1 aromatic rings. The van der Waals surface area contributed by atoms with Crippen LogP contribution in [0.5, 0.6) is 0 Å². The van der Waals surface area contributed by atoms with Gasteiger partial charge in [-0.3, -0.25) is 4.79 Å². The second-order valence-corrected chi connectivity index (χ2v) is 5.25. The Bertz CT molecular complexity index is 405. The number of rotatable bonds is 4. The molecule has 2 N–H and O–H groups in total. The number of amides is 1. The highest BCUT2D eigenvalue weighted by Crippen LogP contribution is 2.28. The molecule has 0 bridgehead atoms. The highest BCUT2D eigenvalue weighted by Gasteiger charge is 2.30. The van der Waals surface area contributed by atoms with Crippen molar-refractivity contribution in [2.75, 3.05) is 13.6 Å². The maximum Gasteiger partial charge on any atom is 0.226 e. The summed E-state index contributed by atoms with van der Waals surface area (Å²) in [5, 5.41) is 0. The van der Waals surface area contributed by atoms with E-state index in [0.717, 1.165) is 19.3 Å². The van der Waals surface area contributed by atoms with Crippen LogP contribution in [0.15, 0.2) is 24.3 Å². The van der Waals surface area contributed by atoms with Gasteiger partial charge in [-0.05, 0) is 43.9 Å². The number of benzene rings is 1. The summed E-state index contributed by atoms with van der Waals surface area (Å²) in [5.74, 6) is 0.375. The first kappa shape index (κ1) is 13.1. The van der Waals surface area contributed by atoms with Crippen LogP contribution in [0.3, 0.4) is 0 Å². The number of nitrogens with two attached hydrogens (primary N) is 1. The third-order valence-electron chi connectivity index (χ3n) is 3.99. The molecule has 3 nitrogen and oxygen atoms in total. The Morgan fingerprint density at radius 3 is 2.44 bits per heavy atom. The van der Waals surface area contributed by atoms with Crippen molar-refractivity contribution in [3.8, 4) is 0 Å². The molecule has 1 amide bonds. The van der Waals surface area contributed by atoms with Crippen molar-refractivity contribution in [1.29, 1.82) is 0 Å². The molecule has 18 heavy (non-hydrogen) atoms. The SMILES string of the molecule is CC(CCN)N(C)C(=O)C1Cc2ccccc2C1. The molecular weight excluding hydrogens is 224 g/mol. The zero-order valence-electron chi connectivity index (χ0n) is 11.2. The van der Waals surface area contributed by atoms with Gasteiger partial charge in [-0.25, -0.2) is 0 Å². The summed E-state index contributed by atoms with van der Waals surface area (Å²) >= 11 is 0. The predicted octanol–water partition coefficient (Wildman–Crippen LogP) is 1.60. The Kier molecular flexibility index (Phi) is 4.02. The fraction of sp³-hybridized carbons (Fsp3) is 0.533. The van der Waals surface area contributed by atoms with E-state index in [2.05, 4.69) is 19.1 Å². The first-order valence-corrected chi connectivity index (χ1v) is 6.67. The molecule has 0 saturated heterocycles. The van der Waals surface area contributed by atoms with E-state index < -0.39 is 0 Å². The van der Waals surface area contributed by atoms with Gasteiger partial charge in [0.1, 0.15) is 0 Å². The van der Waals surface area contributed by atoms with Gasteiger partial charge in [0.05, 0.1) is 0 Å². The molecule has 0 aliphatic heterocycles. The van der Waals surface area contributed by atoms with Crippen molar-refractivity contribution >= 4 is 5.91 Å². The maximum atomic E-state index is 12.4. The van der Waals surface area contributed by atoms with Crippen molar-refractivity contribution in [3.05, 3.63) is 35.4 Å². The van der Waals surface area contributed by atoms with Crippen molar-refractivity contribution < 1.29 is 4.79 Å². The second-order valence-electron chi connectivity index (χ2n) is 5.25. The molecule has 98 valence electrons. The van der Waals surface area contributed by atoms with Gasteiger partial charge < -0.3 is 10.6 Å². The zero-order chi connectivity index (χ0) is 13.1. The topological polar surface area (TPSA) is 46.3 Å². The fourth-order valence-electron chi connectivity index (χ4n) is 2.67. The molecule has 1 aromatic carbocycles. The van der Waals surface area contributed by atoms with Crippen molar-refractivity contribution in [1.82, 2.24) is 4.90 Å². The quantitative estimate of drug-likeness (QED) is 0.877. The van der Waals surface area contributed by atoms with Gasteiger partial charge in [0.25, 0.3) is 0 Å². The Morgan fingerprint density at radius 2 is 1.94 bits per heavy atom. The maximum absolute atomic E-state index is 12.4. The van der Waals surface area contributed by atoms with Gasteiger partial charge in [0, 0.05) is 19.0 Å². The lowest BCUT2D eigenvalue weighted by Crippen LogP contribution is -2.40. The molecule has 0 aromatic heterocycles. The van der Waals surface area contributed by atoms with Crippen molar-refractivity contribution in [3.63, 3.8) is 0 Å². The van der Waals surface area contributed by atoms with E-state index >= 15 is 0 Å². The molecule has 1 atom stereocenters. The Balaban J connectivity index is 2.00. The molecule has 0 fully saturated rings. The molecule has 2 rings (SSSR count). The largest absolute Gasteiger partial charge is 0.343 e. The molecule has 0 saturated carbocycles. The lowest BCUT2D eigenvalue weighted by molar-refractivity contribution is -0.135. The van der Waals surface area contributed by atoms with E-state index in [0.29, 0.717) is 6.54 Å². The van der Waals surface area contributed by atoms with Crippen LogP contribution >= 0.6 is 0 Å². The average Bonchev–Trinajstić information content (AvgIpc) is 2.81. The van der Waals surface area contributed by atoms with Crippen molar-refractivity contribution in [2.24, 2.45) is 11.7 Å². The molecule has 1 aliphatic rings. The van der Waals surface area contributed by atoms with Gasteiger partial charge in [0.15, 0.2) is 0 Å². The van der Waals surface area contributed by atoms with Gasteiger partial charge >= 0.3 is 0 Å². The predicted molar refractivity (Wildman–Crippen MR) is 73.2 cm³/mol. The zero-order valence-corrected chi connectivity index (χ0v) is 11.2. The smallest absolute Gasteiger partial charge is 0.226 e. The summed E-state index contributed by atoms with van der Waals surface area (Å²) in [6, 6.07) is 8.59. The van der Waals surface area contributed by atoms with Crippen LogP contribution in [0.25, 0.3) is 0 Å². The summed E-state index contributed by atoms with van der Waals surface area (Å²) in [6.07, 6.45) is 2.63. The van der Waals surface area contributed by atoms with Gasteiger partial charge in [-0.1, -0.05) is 24.3 Å². The molecule has 0 radical (unpaired) electrons. The van der Waals surface area contributed by atoms with Crippen LogP contribution in [-0.2, 0) is 17.6 Å². The molecule has 1 aliphatic carbocycles. The fourth-order valence-corrected chi connectivity index (χ4v) is 2.67.